The molecule has 17 heavy (non-hydrogen) atoms. The van der Waals surface area contributed by atoms with Crippen LogP contribution in [-0.4, -0.2) is 0 Å². The molecule has 84 valence electrons. The Labute approximate surface area is 115 Å². The van der Waals surface area contributed by atoms with Crippen LogP contribution in [0.3, 0.4) is 0 Å². The number of terminal acetylenes is 1. The van der Waals surface area contributed by atoms with Gasteiger partial charge < -0.3 is 4.74 Å². The van der Waals surface area contributed by atoms with Crippen molar-refractivity contribution in [3.05, 3.63) is 63.2 Å². The molecule has 0 aliphatic rings. The van der Waals surface area contributed by atoms with Crippen molar-refractivity contribution >= 4 is 22.6 Å². The average Bonchev–Trinajstić information content (AvgIpc) is 2.38. The molecule has 1 nitrogen and oxygen atoms in total. The Morgan fingerprint density at radius 2 is 1.76 bits per heavy atom. The second kappa shape index (κ2) is 5.74. The van der Waals surface area contributed by atoms with Crippen LogP contribution in [0, 0.1) is 15.9 Å². The van der Waals surface area contributed by atoms with Crippen molar-refractivity contribution in [1.29, 1.82) is 0 Å². The third-order valence-corrected chi connectivity index (χ3v) is 3.28. The van der Waals surface area contributed by atoms with Crippen molar-refractivity contribution in [2.75, 3.05) is 0 Å². The highest BCUT2D eigenvalue weighted by Gasteiger charge is 2.02. The lowest BCUT2D eigenvalue weighted by Crippen LogP contribution is -1.99. The SMILES string of the molecule is C#Cc1ccccc1COc1ccccc1I. The van der Waals surface area contributed by atoms with Gasteiger partial charge in [-0.2, -0.15) is 0 Å². The summed E-state index contributed by atoms with van der Waals surface area (Å²) in [5, 5.41) is 0. The van der Waals surface area contributed by atoms with Crippen molar-refractivity contribution in [2.45, 2.75) is 6.61 Å². The summed E-state index contributed by atoms with van der Waals surface area (Å²) in [7, 11) is 0. The second-order valence-electron chi connectivity index (χ2n) is 3.52. The van der Waals surface area contributed by atoms with Crippen molar-refractivity contribution in [2.24, 2.45) is 0 Å². The van der Waals surface area contributed by atoms with Crippen LogP contribution < -0.4 is 4.74 Å². The Balaban J connectivity index is 2.13. The maximum absolute atomic E-state index is 5.76. The Hall–Kier alpha value is -1.47. The Kier molecular flexibility index (Phi) is 4.05. The fraction of sp³-hybridized carbons (Fsp3) is 0.0667. The first-order chi connectivity index (χ1) is 8.31. The summed E-state index contributed by atoms with van der Waals surface area (Å²) in [6.45, 7) is 0.500. The largest absolute Gasteiger partial charge is 0.488 e. The van der Waals surface area contributed by atoms with Crippen LogP contribution >= 0.6 is 22.6 Å². The number of ether oxygens (including phenoxy) is 1. The summed E-state index contributed by atoms with van der Waals surface area (Å²) >= 11 is 2.26. The minimum absolute atomic E-state index is 0.500. The zero-order valence-corrected chi connectivity index (χ0v) is 11.3. The van der Waals surface area contributed by atoms with Gasteiger partial charge in [-0.1, -0.05) is 36.3 Å². The number of hydrogen-bond acceptors (Lipinski definition) is 1. The topological polar surface area (TPSA) is 9.23 Å². The third-order valence-electron chi connectivity index (χ3n) is 2.39. The van der Waals surface area contributed by atoms with E-state index in [2.05, 4.69) is 28.5 Å². The summed E-state index contributed by atoms with van der Waals surface area (Å²) < 4.78 is 6.86. The summed E-state index contributed by atoms with van der Waals surface area (Å²) in [6, 6.07) is 15.7. The van der Waals surface area contributed by atoms with Gasteiger partial charge in [0.2, 0.25) is 0 Å². The van der Waals surface area contributed by atoms with Crippen molar-refractivity contribution in [3.63, 3.8) is 0 Å². The van der Waals surface area contributed by atoms with Crippen molar-refractivity contribution < 1.29 is 4.74 Å². The normalized spacial score (nSPS) is 9.65. The minimum Gasteiger partial charge on any atom is -0.488 e. The van der Waals surface area contributed by atoms with E-state index in [4.69, 9.17) is 11.2 Å². The first-order valence-corrected chi connectivity index (χ1v) is 6.31. The van der Waals surface area contributed by atoms with Crippen molar-refractivity contribution in [3.8, 4) is 18.1 Å². The highest BCUT2D eigenvalue weighted by molar-refractivity contribution is 14.1. The summed E-state index contributed by atoms with van der Waals surface area (Å²) in [5.41, 5.74) is 1.92. The van der Waals surface area contributed by atoms with Gasteiger partial charge in [-0.05, 0) is 40.8 Å². The molecule has 0 saturated heterocycles. The van der Waals surface area contributed by atoms with Crippen LogP contribution in [0.2, 0.25) is 0 Å². The summed E-state index contributed by atoms with van der Waals surface area (Å²) in [6.07, 6.45) is 5.44. The standard InChI is InChI=1S/C15H11IO/c1-2-12-7-3-4-8-13(12)11-17-15-10-6-5-9-14(15)16/h1,3-10H,11H2. The predicted molar refractivity (Wildman–Crippen MR) is 77.9 cm³/mol. The van der Waals surface area contributed by atoms with E-state index < -0.39 is 0 Å². The molecule has 0 fully saturated rings. The number of para-hydroxylation sites is 1. The zero-order chi connectivity index (χ0) is 12.1. The molecule has 0 unspecified atom stereocenters. The highest BCUT2D eigenvalue weighted by atomic mass is 127. The minimum atomic E-state index is 0.500. The van der Waals surface area contributed by atoms with Crippen LogP contribution in [-0.2, 0) is 6.61 Å². The van der Waals surface area contributed by atoms with Gasteiger partial charge in [0.1, 0.15) is 12.4 Å². The fourth-order valence-corrected chi connectivity index (χ4v) is 2.05. The van der Waals surface area contributed by atoms with E-state index in [1.165, 1.54) is 0 Å². The molecule has 2 aromatic rings. The van der Waals surface area contributed by atoms with Gasteiger partial charge in [-0.3, -0.25) is 0 Å². The zero-order valence-electron chi connectivity index (χ0n) is 9.19. The van der Waals surface area contributed by atoms with Crippen LogP contribution in [0.15, 0.2) is 48.5 Å². The molecule has 0 bridgehead atoms. The van der Waals surface area contributed by atoms with Gasteiger partial charge in [0.25, 0.3) is 0 Å². The molecular weight excluding hydrogens is 323 g/mol. The van der Waals surface area contributed by atoms with Crippen LogP contribution in [0.4, 0.5) is 0 Å². The summed E-state index contributed by atoms with van der Waals surface area (Å²) in [4.78, 5) is 0. The van der Waals surface area contributed by atoms with E-state index in [-0.39, 0.29) is 0 Å². The van der Waals surface area contributed by atoms with Crippen LogP contribution in [0.1, 0.15) is 11.1 Å². The van der Waals surface area contributed by atoms with E-state index in [0.29, 0.717) is 6.61 Å². The van der Waals surface area contributed by atoms with Crippen molar-refractivity contribution in [1.82, 2.24) is 0 Å². The van der Waals surface area contributed by atoms with E-state index >= 15 is 0 Å². The highest BCUT2D eigenvalue weighted by Crippen LogP contribution is 2.21. The number of hydrogen-bond donors (Lipinski definition) is 0. The predicted octanol–water partition coefficient (Wildman–Crippen LogP) is 3.85. The van der Waals surface area contributed by atoms with Crippen LogP contribution in [0.5, 0.6) is 5.75 Å². The smallest absolute Gasteiger partial charge is 0.133 e. The second-order valence-corrected chi connectivity index (χ2v) is 4.68. The summed E-state index contributed by atoms with van der Waals surface area (Å²) in [5.74, 6) is 3.55. The first kappa shape index (κ1) is 12.0. The molecule has 0 spiro atoms. The average molecular weight is 334 g/mol. The Bertz CT molecular complexity index is 555. The first-order valence-electron chi connectivity index (χ1n) is 5.23. The maximum atomic E-state index is 5.76. The van der Waals surface area contributed by atoms with Gasteiger partial charge in [-0.25, -0.2) is 0 Å². The Morgan fingerprint density at radius 3 is 2.53 bits per heavy atom. The van der Waals surface area contributed by atoms with E-state index in [1.807, 2.05) is 48.5 Å². The molecule has 0 heterocycles. The molecule has 2 aromatic carbocycles. The lowest BCUT2D eigenvalue weighted by molar-refractivity contribution is 0.303. The van der Waals surface area contributed by atoms with Gasteiger partial charge in [0.05, 0.1) is 3.57 Å². The third kappa shape index (κ3) is 3.01. The molecule has 0 N–H and O–H groups in total. The monoisotopic (exact) mass is 334 g/mol. The molecule has 0 aliphatic carbocycles. The number of benzene rings is 2. The number of rotatable bonds is 3. The van der Waals surface area contributed by atoms with E-state index in [1.54, 1.807) is 0 Å². The molecule has 0 aromatic heterocycles. The maximum Gasteiger partial charge on any atom is 0.133 e. The molecule has 0 atom stereocenters. The van der Waals surface area contributed by atoms with Gasteiger partial charge in [0.15, 0.2) is 0 Å². The lowest BCUT2D eigenvalue weighted by Gasteiger charge is -2.09. The Morgan fingerprint density at radius 1 is 1.06 bits per heavy atom. The fourth-order valence-electron chi connectivity index (χ4n) is 1.50. The molecule has 0 radical (unpaired) electrons. The molecule has 0 saturated carbocycles. The molecular formula is C15H11IO. The van der Waals surface area contributed by atoms with E-state index in [9.17, 15) is 0 Å². The molecule has 2 heteroatoms. The van der Waals surface area contributed by atoms with Gasteiger partial charge in [0, 0.05) is 11.1 Å². The van der Waals surface area contributed by atoms with E-state index in [0.717, 1.165) is 20.4 Å². The molecule has 0 amide bonds. The molecule has 0 aliphatic heterocycles. The molecule has 2 rings (SSSR count). The number of halogens is 1. The van der Waals surface area contributed by atoms with Crippen LogP contribution in [0.25, 0.3) is 0 Å². The lowest BCUT2D eigenvalue weighted by atomic mass is 10.1. The quantitative estimate of drug-likeness (QED) is 0.612. The van der Waals surface area contributed by atoms with Gasteiger partial charge >= 0.3 is 0 Å². The van der Waals surface area contributed by atoms with Gasteiger partial charge in [-0.15, -0.1) is 6.42 Å².